The molecule has 0 bridgehead atoms. The molecule has 5 nitrogen and oxygen atoms in total. The molecule has 2 N–H and O–H groups in total. The number of hydrogen-bond donors (Lipinski definition) is 2. The van der Waals surface area contributed by atoms with Crippen molar-refractivity contribution in [3.8, 4) is 5.75 Å². The smallest absolute Gasteiger partial charge is 0.305 e. The molecular formula is C20H23NO4. The Morgan fingerprint density at radius 1 is 1.20 bits per heavy atom. The maximum Gasteiger partial charge on any atom is 0.305 e. The predicted octanol–water partition coefficient (Wildman–Crippen LogP) is 3.47. The molecule has 0 saturated heterocycles. The molecule has 0 radical (unpaired) electrons. The van der Waals surface area contributed by atoms with Crippen molar-refractivity contribution in [3.05, 3.63) is 42.0 Å². The van der Waals surface area contributed by atoms with Gasteiger partial charge in [-0.1, -0.05) is 24.3 Å². The van der Waals surface area contributed by atoms with Crippen LogP contribution in [0.3, 0.4) is 0 Å². The van der Waals surface area contributed by atoms with E-state index in [2.05, 4.69) is 5.32 Å². The molecule has 0 aromatic heterocycles. The van der Waals surface area contributed by atoms with Gasteiger partial charge in [-0.3, -0.25) is 9.59 Å². The lowest BCUT2D eigenvalue weighted by Crippen LogP contribution is -2.55. The van der Waals surface area contributed by atoms with E-state index in [1.165, 1.54) is 0 Å². The Morgan fingerprint density at radius 2 is 1.88 bits per heavy atom. The van der Waals surface area contributed by atoms with Crippen molar-refractivity contribution in [3.63, 3.8) is 0 Å². The van der Waals surface area contributed by atoms with Crippen LogP contribution < -0.4 is 10.1 Å². The summed E-state index contributed by atoms with van der Waals surface area (Å²) in [5, 5.41) is 14.2. The highest BCUT2D eigenvalue weighted by molar-refractivity contribution is 5.89. The average molecular weight is 341 g/mol. The van der Waals surface area contributed by atoms with E-state index in [1.54, 1.807) is 7.11 Å². The van der Waals surface area contributed by atoms with Crippen molar-refractivity contribution < 1.29 is 19.4 Å². The van der Waals surface area contributed by atoms with Crippen molar-refractivity contribution in [2.75, 3.05) is 7.11 Å². The minimum atomic E-state index is -0.868. The number of nitrogens with one attached hydrogen (secondary N) is 1. The van der Waals surface area contributed by atoms with Crippen LogP contribution in [0.5, 0.6) is 5.75 Å². The molecule has 1 amide bonds. The van der Waals surface area contributed by atoms with Crippen molar-refractivity contribution >= 4 is 22.6 Å². The van der Waals surface area contributed by atoms with Gasteiger partial charge < -0.3 is 15.2 Å². The zero-order valence-corrected chi connectivity index (χ0v) is 14.5. The van der Waals surface area contributed by atoms with Gasteiger partial charge in [-0.2, -0.15) is 0 Å². The van der Waals surface area contributed by atoms with Crippen molar-refractivity contribution in [1.82, 2.24) is 5.32 Å². The molecule has 2 aromatic rings. The molecule has 0 aliphatic heterocycles. The second kappa shape index (κ2) is 6.75. The molecule has 0 heterocycles. The zero-order chi connectivity index (χ0) is 18.0. The summed E-state index contributed by atoms with van der Waals surface area (Å²) < 4.78 is 5.23. The van der Waals surface area contributed by atoms with Gasteiger partial charge in [-0.15, -0.1) is 0 Å². The Kier molecular flexibility index (Phi) is 4.66. The van der Waals surface area contributed by atoms with Crippen molar-refractivity contribution in [2.45, 2.75) is 44.1 Å². The average Bonchev–Trinajstić information content (AvgIpc) is 2.57. The molecule has 1 aliphatic rings. The number of fused-ring (bicyclic) bond motifs is 1. The molecule has 0 spiro atoms. The Balaban J connectivity index is 1.77. The first-order valence-corrected chi connectivity index (χ1v) is 8.54. The third-order valence-electron chi connectivity index (χ3n) is 5.15. The lowest BCUT2D eigenvalue weighted by molar-refractivity contribution is -0.140. The molecule has 5 heteroatoms. The van der Waals surface area contributed by atoms with Gasteiger partial charge in [0.1, 0.15) is 5.75 Å². The zero-order valence-electron chi connectivity index (χ0n) is 14.5. The molecule has 25 heavy (non-hydrogen) atoms. The van der Waals surface area contributed by atoms with Crippen LogP contribution in [0, 0.1) is 0 Å². The first kappa shape index (κ1) is 17.3. The van der Waals surface area contributed by atoms with Crippen LogP contribution in [-0.2, 0) is 9.59 Å². The number of methoxy groups -OCH3 is 1. The quantitative estimate of drug-likeness (QED) is 0.843. The number of rotatable bonds is 6. The molecule has 1 fully saturated rings. The third kappa shape index (κ3) is 3.60. The van der Waals surface area contributed by atoms with Crippen molar-refractivity contribution in [2.24, 2.45) is 0 Å². The first-order chi connectivity index (χ1) is 11.9. The SMILES string of the molecule is COc1ccc2cc([C@H](C)C(=O)NC3(CC(=O)O)CCC3)ccc2c1. The van der Waals surface area contributed by atoms with E-state index in [4.69, 9.17) is 9.84 Å². The first-order valence-electron chi connectivity index (χ1n) is 8.54. The largest absolute Gasteiger partial charge is 0.497 e. The lowest BCUT2D eigenvalue weighted by atomic mass is 9.74. The summed E-state index contributed by atoms with van der Waals surface area (Å²) in [6, 6.07) is 11.8. The summed E-state index contributed by atoms with van der Waals surface area (Å²) >= 11 is 0. The van der Waals surface area contributed by atoms with E-state index in [9.17, 15) is 9.59 Å². The highest BCUT2D eigenvalue weighted by Crippen LogP contribution is 2.36. The van der Waals surface area contributed by atoms with Crippen LogP contribution in [0.4, 0.5) is 0 Å². The van der Waals surface area contributed by atoms with Gasteiger partial charge in [-0.05, 0) is 54.7 Å². The fourth-order valence-corrected chi connectivity index (χ4v) is 3.40. The van der Waals surface area contributed by atoms with Gasteiger partial charge in [0.15, 0.2) is 0 Å². The number of carboxylic acid groups (broad SMARTS) is 1. The van der Waals surface area contributed by atoms with Crippen molar-refractivity contribution in [1.29, 1.82) is 0 Å². The summed E-state index contributed by atoms with van der Waals surface area (Å²) in [4.78, 5) is 23.7. The van der Waals surface area contributed by atoms with Crippen LogP contribution in [-0.4, -0.2) is 29.6 Å². The molecular weight excluding hydrogens is 318 g/mol. The van der Waals surface area contributed by atoms with Gasteiger partial charge in [0, 0.05) is 0 Å². The van der Waals surface area contributed by atoms with Crippen LogP contribution in [0.15, 0.2) is 36.4 Å². The lowest BCUT2D eigenvalue weighted by Gasteiger charge is -2.42. The normalized spacial score (nSPS) is 16.7. The fourth-order valence-electron chi connectivity index (χ4n) is 3.40. The maximum atomic E-state index is 12.6. The van der Waals surface area contributed by atoms with E-state index in [1.807, 2.05) is 43.3 Å². The second-order valence-electron chi connectivity index (χ2n) is 6.89. The minimum Gasteiger partial charge on any atom is -0.497 e. The molecule has 3 rings (SSSR count). The van der Waals surface area contributed by atoms with E-state index in [0.717, 1.165) is 41.3 Å². The third-order valence-corrected chi connectivity index (χ3v) is 5.15. The summed E-state index contributed by atoms with van der Waals surface area (Å²) in [5.41, 5.74) is 0.349. The molecule has 1 saturated carbocycles. The van der Waals surface area contributed by atoms with E-state index >= 15 is 0 Å². The number of ether oxygens (including phenoxy) is 1. The topological polar surface area (TPSA) is 75.6 Å². The highest BCUT2D eigenvalue weighted by Gasteiger charge is 2.41. The van der Waals surface area contributed by atoms with Gasteiger partial charge in [0.05, 0.1) is 25.0 Å². The summed E-state index contributed by atoms with van der Waals surface area (Å²) in [5.74, 6) is -0.523. The molecule has 1 aliphatic carbocycles. The molecule has 0 unspecified atom stereocenters. The second-order valence-corrected chi connectivity index (χ2v) is 6.89. The Hall–Kier alpha value is -2.56. The Bertz CT molecular complexity index is 810. The number of aliphatic carboxylic acids is 1. The van der Waals surface area contributed by atoms with E-state index < -0.39 is 11.5 Å². The van der Waals surface area contributed by atoms with Gasteiger partial charge in [-0.25, -0.2) is 0 Å². The molecule has 2 aromatic carbocycles. The number of hydrogen-bond acceptors (Lipinski definition) is 3. The number of carboxylic acids is 1. The fraction of sp³-hybridized carbons (Fsp3) is 0.400. The monoisotopic (exact) mass is 341 g/mol. The predicted molar refractivity (Wildman–Crippen MR) is 95.9 cm³/mol. The van der Waals surface area contributed by atoms with E-state index in [0.29, 0.717) is 0 Å². The summed E-state index contributed by atoms with van der Waals surface area (Å²) in [6.07, 6.45) is 2.41. The van der Waals surface area contributed by atoms with Crippen LogP contribution in [0.25, 0.3) is 10.8 Å². The highest BCUT2D eigenvalue weighted by atomic mass is 16.5. The Labute approximate surface area is 147 Å². The molecule has 132 valence electrons. The van der Waals surface area contributed by atoms with Crippen LogP contribution in [0.1, 0.15) is 44.1 Å². The number of carbonyl (C=O) groups excluding carboxylic acids is 1. The summed E-state index contributed by atoms with van der Waals surface area (Å²) in [7, 11) is 1.63. The van der Waals surface area contributed by atoms with Gasteiger partial charge in [0.25, 0.3) is 0 Å². The minimum absolute atomic E-state index is 0.0109. The maximum absolute atomic E-state index is 12.6. The van der Waals surface area contributed by atoms with Gasteiger partial charge in [0.2, 0.25) is 5.91 Å². The number of carbonyl (C=O) groups is 2. The van der Waals surface area contributed by atoms with Crippen LogP contribution >= 0.6 is 0 Å². The standard InChI is InChI=1S/C20H23NO4/c1-13(19(24)21-20(8-3-9-20)12-18(22)23)14-4-5-16-11-17(25-2)7-6-15(16)10-14/h4-7,10-11,13H,3,8-9,12H2,1-2H3,(H,21,24)(H,22,23)/t13-/m0/s1. The van der Waals surface area contributed by atoms with E-state index in [-0.39, 0.29) is 18.2 Å². The molecule has 1 atom stereocenters. The van der Waals surface area contributed by atoms with Gasteiger partial charge >= 0.3 is 5.97 Å². The summed E-state index contributed by atoms with van der Waals surface area (Å²) in [6.45, 7) is 1.85. The Morgan fingerprint density at radius 3 is 2.48 bits per heavy atom. The number of amides is 1. The van der Waals surface area contributed by atoms with Crippen LogP contribution in [0.2, 0.25) is 0 Å². The number of benzene rings is 2.